The van der Waals surface area contributed by atoms with Crippen LogP contribution in [0.2, 0.25) is 0 Å². The molecule has 0 saturated heterocycles. The van der Waals surface area contributed by atoms with E-state index < -0.39 is 12.0 Å². The van der Waals surface area contributed by atoms with Gasteiger partial charge in [-0.05, 0) is 18.6 Å². The van der Waals surface area contributed by atoms with Crippen molar-refractivity contribution in [1.82, 2.24) is 0 Å². The first kappa shape index (κ1) is 9.83. The zero-order chi connectivity index (χ0) is 11.0. The highest BCUT2D eigenvalue weighted by atomic mass is 16.4. The summed E-state index contributed by atoms with van der Waals surface area (Å²) in [6.45, 7) is 1.92. The second-order valence-corrected chi connectivity index (χ2v) is 3.71. The van der Waals surface area contributed by atoms with E-state index in [1.54, 1.807) is 18.2 Å². The Balaban J connectivity index is 2.47. The summed E-state index contributed by atoms with van der Waals surface area (Å²) in [5.41, 5.74) is 1.46. The number of hydrogen-bond donors (Lipinski definition) is 3. The minimum Gasteiger partial charge on any atom is -0.508 e. The van der Waals surface area contributed by atoms with Crippen molar-refractivity contribution >= 4 is 11.7 Å². The topological polar surface area (TPSA) is 69.6 Å². The maximum Gasteiger partial charge on any atom is 0.326 e. The number of phenols is 1. The van der Waals surface area contributed by atoms with Gasteiger partial charge < -0.3 is 15.5 Å². The van der Waals surface area contributed by atoms with Gasteiger partial charge in [-0.1, -0.05) is 13.0 Å². The fraction of sp³-hybridized carbons (Fsp3) is 0.364. The molecule has 2 unspecified atom stereocenters. The second kappa shape index (κ2) is 3.46. The number of aliphatic carboxylic acids is 1. The van der Waals surface area contributed by atoms with E-state index in [2.05, 4.69) is 5.32 Å². The van der Waals surface area contributed by atoms with Gasteiger partial charge in [0.2, 0.25) is 0 Å². The number of nitrogens with one attached hydrogen (secondary N) is 1. The molecule has 0 bridgehead atoms. The van der Waals surface area contributed by atoms with E-state index in [4.69, 9.17) is 5.11 Å². The molecule has 4 nitrogen and oxygen atoms in total. The number of benzene rings is 1. The molecule has 2 rings (SSSR count). The molecule has 0 spiro atoms. The molecule has 1 aliphatic rings. The Labute approximate surface area is 87.6 Å². The predicted molar refractivity (Wildman–Crippen MR) is 56.2 cm³/mol. The van der Waals surface area contributed by atoms with Gasteiger partial charge in [-0.15, -0.1) is 0 Å². The van der Waals surface area contributed by atoms with Crippen LogP contribution < -0.4 is 5.32 Å². The molecule has 0 fully saturated rings. The van der Waals surface area contributed by atoms with Crippen molar-refractivity contribution in [2.45, 2.75) is 25.3 Å². The van der Waals surface area contributed by atoms with E-state index in [1.807, 2.05) is 6.92 Å². The number of rotatable bonds is 2. The quantitative estimate of drug-likeness (QED) is 0.691. The highest BCUT2D eigenvalue weighted by Gasteiger charge is 2.37. The number of hydrogen-bond acceptors (Lipinski definition) is 3. The lowest BCUT2D eigenvalue weighted by Gasteiger charge is -2.14. The molecule has 80 valence electrons. The van der Waals surface area contributed by atoms with Gasteiger partial charge in [-0.3, -0.25) is 0 Å². The van der Waals surface area contributed by atoms with Gasteiger partial charge in [0.1, 0.15) is 11.8 Å². The van der Waals surface area contributed by atoms with Crippen LogP contribution in [0.15, 0.2) is 18.2 Å². The highest BCUT2D eigenvalue weighted by Crippen LogP contribution is 2.42. The number of carboxylic acids is 1. The fourth-order valence-corrected chi connectivity index (χ4v) is 2.18. The standard InChI is InChI=1S/C11H13NO3/c1-2-6-9-7(4-3-5-8(9)13)12-10(6)11(14)15/h3-6,10,12-13H,2H2,1H3,(H,14,15). The molecular weight excluding hydrogens is 194 g/mol. The molecule has 1 heterocycles. The molecule has 0 radical (unpaired) electrons. The lowest BCUT2D eigenvalue weighted by atomic mass is 9.92. The van der Waals surface area contributed by atoms with Crippen LogP contribution in [0, 0.1) is 0 Å². The fourth-order valence-electron chi connectivity index (χ4n) is 2.18. The number of phenolic OH excluding ortho intramolecular Hbond substituents is 1. The van der Waals surface area contributed by atoms with Crippen molar-refractivity contribution in [2.24, 2.45) is 0 Å². The zero-order valence-corrected chi connectivity index (χ0v) is 8.40. The van der Waals surface area contributed by atoms with Crippen molar-refractivity contribution in [3.05, 3.63) is 23.8 Å². The number of fused-ring (bicyclic) bond motifs is 1. The number of carbonyl (C=O) groups is 1. The van der Waals surface area contributed by atoms with Gasteiger partial charge >= 0.3 is 5.97 Å². The van der Waals surface area contributed by atoms with Gasteiger partial charge in [-0.2, -0.15) is 0 Å². The smallest absolute Gasteiger partial charge is 0.326 e. The van der Waals surface area contributed by atoms with Gasteiger partial charge in [0.15, 0.2) is 0 Å². The van der Waals surface area contributed by atoms with Gasteiger partial charge in [0, 0.05) is 17.2 Å². The van der Waals surface area contributed by atoms with Gasteiger partial charge in [0.05, 0.1) is 0 Å². The van der Waals surface area contributed by atoms with Gasteiger partial charge in [-0.25, -0.2) is 4.79 Å². The SMILES string of the molecule is CCC1c2c(O)cccc2NC1C(=O)O. The van der Waals surface area contributed by atoms with E-state index in [9.17, 15) is 9.90 Å². The number of carboxylic acid groups (broad SMARTS) is 1. The highest BCUT2D eigenvalue weighted by molar-refractivity contribution is 5.83. The molecule has 0 aromatic heterocycles. The number of anilines is 1. The number of aromatic hydroxyl groups is 1. The Kier molecular flexibility index (Phi) is 2.26. The first-order valence-electron chi connectivity index (χ1n) is 4.96. The van der Waals surface area contributed by atoms with E-state index in [0.29, 0.717) is 6.42 Å². The van der Waals surface area contributed by atoms with E-state index in [1.165, 1.54) is 0 Å². The third-order valence-corrected chi connectivity index (χ3v) is 2.87. The van der Waals surface area contributed by atoms with E-state index in [0.717, 1.165) is 11.3 Å². The molecule has 4 heteroatoms. The van der Waals surface area contributed by atoms with Crippen molar-refractivity contribution < 1.29 is 15.0 Å². The molecular formula is C11H13NO3. The van der Waals surface area contributed by atoms with Crippen molar-refractivity contribution in [3.63, 3.8) is 0 Å². The third kappa shape index (κ3) is 1.42. The lowest BCUT2D eigenvalue weighted by molar-refractivity contribution is -0.138. The Morgan fingerprint density at radius 3 is 2.87 bits per heavy atom. The minimum atomic E-state index is -0.877. The summed E-state index contributed by atoms with van der Waals surface area (Å²) in [7, 11) is 0. The van der Waals surface area contributed by atoms with Crippen LogP contribution >= 0.6 is 0 Å². The molecule has 3 N–H and O–H groups in total. The summed E-state index contributed by atoms with van der Waals surface area (Å²) in [5, 5.41) is 21.6. The first-order chi connectivity index (χ1) is 7.15. The van der Waals surface area contributed by atoms with Crippen LogP contribution in [0.3, 0.4) is 0 Å². The van der Waals surface area contributed by atoms with Crippen LogP contribution in [-0.2, 0) is 4.79 Å². The maximum atomic E-state index is 11.0. The van der Waals surface area contributed by atoms with E-state index >= 15 is 0 Å². The van der Waals surface area contributed by atoms with Crippen LogP contribution in [0.5, 0.6) is 5.75 Å². The Morgan fingerprint density at radius 1 is 1.53 bits per heavy atom. The normalized spacial score (nSPS) is 23.3. The summed E-state index contributed by atoms with van der Waals surface area (Å²) in [4.78, 5) is 11.0. The zero-order valence-electron chi connectivity index (χ0n) is 8.40. The second-order valence-electron chi connectivity index (χ2n) is 3.71. The molecule has 1 aliphatic heterocycles. The minimum absolute atomic E-state index is 0.154. The molecule has 1 aromatic rings. The Hall–Kier alpha value is -1.71. The summed E-state index contributed by atoms with van der Waals surface area (Å²) in [5.74, 6) is -0.855. The average molecular weight is 207 g/mol. The van der Waals surface area contributed by atoms with Crippen LogP contribution in [0.1, 0.15) is 24.8 Å². The molecule has 2 atom stereocenters. The van der Waals surface area contributed by atoms with Gasteiger partial charge in [0.25, 0.3) is 0 Å². The van der Waals surface area contributed by atoms with Crippen molar-refractivity contribution in [1.29, 1.82) is 0 Å². The summed E-state index contributed by atoms with van der Waals surface area (Å²) >= 11 is 0. The molecule has 1 aromatic carbocycles. The molecule has 15 heavy (non-hydrogen) atoms. The van der Waals surface area contributed by atoms with Crippen LogP contribution in [-0.4, -0.2) is 22.2 Å². The van der Waals surface area contributed by atoms with Crippen LogP contribution in [0.4, 0.5) is 5.69 Å². The average Bonchev–Trinajstić information content (AvgIpc) is 2.57. The first-order valence-corrected chi connectivity index (χ1v) is 4.96. The molecule has 0 amide bonds. The van der Waals surface area contributed by atoms with E-state index in [-0.39, 0.29) is 11.7 Å². The van der Waals surface area contributed by atoms with Crippen molar-refractivity contribution in [2.75, 3.05) is 5.32 Å². The predicted octanol–water partition coefficient (Wildman–Crippen LogP) is 1.76. The Bertz CT molecular complexity index is 403. The molecule has 0 aliphatic carbocycles. The third-order valence-electron chi connectivity index (χ3n) is 2.87. The molecule has 0 saturated carbocycles. The summed E-state index contributed by atoms with van der Waals surface area (Å²) in [6, 6.07) is 4.46. The van der Waals surface area contributed by atoms with Crippen molar-refractivity contribution in [3.8, 4) is 5.75 Å². The monoisotopic (exact) mass is 207 g/mol. The van der Waals surface area contributed by atoms with Crippen LogP contribution in [0.25, 0.3) is 0 Å². The summed E-state index contributed by atoms with van der Waals surface area (Å²) < 4.78 is 0. The maximum absolute atomic E-state index is 11.0. The Morgan fingerprint density at radius 2 is 2.27 bits per heavy atom. The summed E-state index contributed by atoms with van der Waals surface area (Å²) in [6.07, 6.45) is 0.689. The largest absolute Gasteiger partial charge is 0.508 e. The lowest BCUT2D eigenvalue weighted by Crippen LogP contribution is -2.29.